The Hall–Kier alpha value is -1.90. The molecule has 4 aliphatic rings. The molecule has 1 saturated heterocycles. The smallest absolute Gasteiger partial charge is 0.323 e. The van der Waals surface area contributed by atoms with E-state index in [2.05, 4.69) is 24.9 Å². The highest BCUT2D eigenvalue weighted by molar-refractivity contribution is 6.33. The fraction of sp³-hybridized carbons (Fsp3) is 0.593. The van der Waals surface area contributed by atoms with Crippen molar-refractivity contribution in [3.8, 4) is 0 Å². The van der Waals surface area contributed by atoms with Crippen molar-refractivity contribution in [1.29, 1.82) is 0 Å². The number of allylic oxidation sites excluding steroid dienone is 3. The van der Waals surface area contributed by atoms with E-state index < -0.39 is 35.4 Å². The number of rotatable bonds is 3. The minimum absolute atomic E-state index is 0.0344. The van der Waals surface area contributed by atoms with Crippen LogP contribution in [0, 0.1) is 29.6 Å². The van der Waals surface area contributed by atoms with Crippen molar-refractivity contribution in [3.63, 3.8) is 0 Å². The minimum Gasteiger partial charge on any atom is -0.480 e. The van der Waals surface area contributed by atoms with Gasteiger partial charge in [0, 0.05) is 18.5 Å². The number of benzene rings is 1. The normalized spacial score (nSPS) is 42.5. The molecule has 5 rings (SSSR count). The second-order valence-electron chi connectivity index (χ2n) is 11.1. The Morgan fingerprint density at radius 1 is 1.31 bits per heavy atom. The van der Waals surface area contributed by atoms with Gasteiger partial charge >= 0.3 is 5.97 Å². The Balaban J connectivity index is 1.73. The van der Waals surface area contributed by atoms with Crippen LogP contribution in [0.2, 0.25) is 5.02 Å². The van der Waals surface area contributed by atoms with Crippen LogP contribution in [0.3, 0.4) is 0 Å². The van der Waals surface area contributed by atoms with E-state index in [1.165, 1.54) is 5.06 Å². The number of carboxylic acid groups (broad SMARTS) is 1. The number of aliphatic hydroxyl groups is 2. The Morgan fingerprint density at radius 2 is 2.03 bits per heavy atom. The molecule has 35 heavy (non-hydrogen) atoms. The van der Waals surface area contributed by atoms with Crippen molar-refractivity contribution in [3.05, 3.63) is 52.6 Å². The van der Waals surface area contributed by atoms with Crippen LogP contribution in [-0.2, 0) is 15.2 Å². The number of aliphatic carboxylic acids is 1. The second kappa shape index (κ2) is 8.32. The average molecular weight is 503 g/mol. The summed E-state index contributed by atoms with van der Waals surface area (Å²) in [6.07, 6.45) is 3.57. The van der Waals surface area contributed by atoms with E-state index in [0.29, 0.717) is 22.7 Å². The molecule has 7 nitrogen and oxygen atoms in total. The van der Waals surface area contributed by atoms with Gasteiger partial charge in [0.15, 0.2) is 11.8 Å². The SMILES string of the molecule is C=C(C)C1CCC(C)C2C1C=C(C)CC2C1(O)[C@@H](C(=O)O)N[C@@H]2ON(C)c3c(Cl)cccc3[C@]21O. The first-order chi connectivity index (χ1) is 16.4. The lowest BCUT2D eigenvalue weighted by Gasteiger charge is -2.56. The summed E-state index contributed by atoms with van der Waals surface area (Å²) in [6, 6.07) is 3.65. The molecule has 0 radical (unpaired) electrons. The molecule has 1 aromatic rings. The van der Waals surface area contributed by atoms with Gasteiger partial charge in [-0.05, 0) is 62.8 Å². The van der Waals surface area contributed by atoms with Gasteiger partial charge in [0.2, 0.25) is 0 Å². The predicted octanol–water partition coefficient (Wildman–Crippen LogP) is 3.84. The van der Waals surface area contributed by atoms with Gasteiger partial charge in [-0.3, -0.25) is 20.0 Å². The fourth-order valence-corrected chi connectivity index (χ4v) is 7.97. The fourth-order valence-electron chi connectivity index (χ4n) is 7.67. The molecule has 2 heterocycles. The highest BCUT2D eigenvalue weighted by atomic mass is 35.5. The third-order valence-electron chi connectivity index (χ3n) is 9.15. The van der Waals surface area contributed by atoms with Gasteiger partial charge in [-0.2, -0.15) is 0 Å². The Bertz CT molecular complexity index is 1110. The third kappa shape index (κ3) is 3.28. The molecule has 0 spiro atoms. The molecule has 0 amide bonds. The molecule has 190 valence electrons. The van der Waals surface area contributed by atoms with Gasteiger partial charge in [-0.15, -0.1) is 0 Å². The van der Waals surface area contributed by atoms with Crippen molar-refractivity contribution in [2.24, 2.45) is 29.6 Å². The van der Waals surface area contributed by atoms with Crippen molar-refractivity contribution < 1.29 is 25.0 Å². The van der Waals surface area contributed by atoms with Crippen LogP contribution in [0.15, 0.2) is 42.0 Å². The Labute approximate surface area is 211 Å². The Kier molecular flexibility index (Phi) is 5.89. The predicted molar refractivity (Wildman–Crippen MR) is 134 cm³/mol. The standard InChI is InChI=1S/C27H35ClN2O5/c1-13(2)16-10-9-15(4)21-17(16)11-14(3)12-19(21)26(33)23(24(31)32)29-25-27(26,34)18-7-6-8-20(28)22(18)30(5)35-25/h6-8,11,15-17,19,21,23,25,29,33-34H,1,9-10,12H2,2-5H3,(H,31,32)/t15?,16?,17?,19?,21?,23-,25-,26?,27+/m1/s1. The van der Waals surface area contributed by atoms with Gasteiger partial charge in [0.25, 0.3) is 0 Å². The molecular weight excluding hydrogens is 468 g/mol. The number of hydrogen-bond donors (Lipinski definition) is 4. The van der Waals surface area contributed by atoms with Crippen LogP contribution < -0.4 is 10.4 Å². The highest BCUT2D eigenvalue weighted by Gasteiger charge is 2.74. The van der Waals surface area contributed by atoms with E-state index in [1.807, 2.05) is 13.8 Å². The summed E-state index contributed by atoms with van der Waals surface area (Å²) in [5.74, 6) is -1.20. The monoisotopic (exact) mass is 502 g/mol. The number of anilines is 1. The maximum Gasteiger partial charge on any atom is 0.323 e. The van der Waals surface area contributed by atoms with Crippen molar-refractivity contribution in [2.45, 2.75) is 63.5 Å². The van der Waals surface area contributed by atoms with E-state index in [-0.39, 0.29) is 23.7 Å². The van der Waals surface area contributed by atoms with E-state index in [9.17, 15) is 20.1 Å². The lowest BCUT2D eigenvalue weighted by atomic mass is 9.51. The maximum absolute atomic E-state index is 12.7. The summed E-state index contributed by atoms with van der Waals surface area (Å²) < 4.78 is 0. The molecule has 1 aromatic carbocycles. The number of halogens is 1. The first kappa shape index (κ1) is 24.8. The van der Waals surface area contributed by atoms with Gasteiger partial charge < -0.3 is 15.3 Å². The topological polar surface area (TPSA) is 102 Å². The zero-order valence-electron chi connectivity index (χ0n) is 20.7. The average Bonchev–Trinajstić information content (AvgIpc) is 3.02. The summed E-state index contributed by atoms with van der Waals surface area (Å²) in [6.45, 7) is 10.5. The zero-order chi connectivity index (χ0) is 25.4. The second-order valence-corrected chi connectivity index (χ2v) is 11.5. The molecular formula is C27H35ClN2O5. The molecule has 0 bridgehead atoms. The number of hydroxylamine groups is 1. The number of nitrogens with zero attached hydrogens (tertiary/aromatic N) is 1. The molecule has 6 unspecified atom stereocenters. The van der Waals surface area contributed by atoms with Crippen LogP contribution in [0.25, 0.3) is 0 Å². The quantitative estimate of drug-likeness (QED) is 0.466. The van der Waals surface area contributed by atoms with Crippen LogP contribution in [0.1, 0.15) is 45.6 Å². The summed E-state index contributed by atoms with van der Waals surface area (Å²) in [4.78, 5) is 18.6. The zero-order valence-corrected chi connectivity index (χ0v) is 21.4. The van der Waals surface area contributed by atoms with Crippen molar-refractivity contribution in [2.75, 3.05) is 12.1 Å². The lowest BCUT2D eigenvalue weighted by Crippen LogP contribution is -2.67. The molecule has 9 atom stereocenters. The summed E-state index contributed by atoms with van der Waals surface area (Å²) in [5, 5.41) is 40.3. The first-order valence-electron chi connectivity index (χ1n) is 12.4. The molecule has 1 saturated carbocycles. The molecule has 4 N–H and O–H groups in total. The summed E-state index contributed by atoms with van der Waals surface area (Å²) in [7, 11) is 1.66. The van der Waals surface area contributed by atoms with Gasteiger partial charge in [-0.1, -0.05) is 54.5 Å². The lowest BCUT2D eigenvalue weighted by molar-refractivity contribution is -0.236. The third-order valence-corrected chi connectivity index (χ3v) is 9.46. The molecule has 2 aliphatic carbocycles. The molecule has 8 heteroatoms. The van der Waals surface area contributed by atoms with Gasteiger partial charge in [-0.25, -0.2) is 0 Å². The van der Waals surface area contributed by atoms with Crippen molar-refractivity contribution in [1.82, 2.24) is 5.32 Å². The van der Waals surface area contributed by atoms with E-state index >= 15 is 0 Å². The number of fused-ring (bicyclic) bond motifs is 4. The minimum atomic E-state index is -2.06. The number of nitrogens with one attached hydrogen (secondary N) is 1. The van der Waals surface area contributed by atoms with Crippen LogP contribution in [-0.4, -0.2) is 46.2 Å². The van der Waals surface area contributed by atoms with Gasteiger partial charge in [0.1, 0.15) is 11.6 Å². The molecule has 2 aliphatic heterocycles. The van der Waals surface area contributed by atoms with E-state index in [0.717, 1.165) is 24.0 Å². The largest absolute Gasteiger partial charge is 0.480 e. The van der Waals surface area contributed by atoms with Crippen LogP contribution in [0.5, 0.6) is 0 Å². The van der Waals surface area contributed by atoms with Gasteiger partial charge in [0.05, 0.1) is 10.7 Å². The van der Waals surface area contributed by atoms with Crippen LogP contribution >= 0.6 is 11.6 Å². The van der Waals surface area contributed by atoms with Crippen molar-refractivity contribution >= 4 is 23.3 Å². The summed E-state index contributed by atoms with van der Waals surface area (Å²) >= 11 is 6.51. The van der Waals surface area contributed by atoms with E-state index in [1.54, 1.807) is 25.2 Å². The van der Waals surface area contributed by atoms with E-state index in [4.69, 9.17) is 16.4 Å². The van der Waals surface area contributed by atoms with Crippen LogP contribution in [0.4, 0.5) is 5.69 Å². The number of carboxylic acids is 1. The Morgan fingerprint density at radius 3 is 2.69 bits per heavy atom. The maximum atomic E-state index is 12.7. The number of para-hydroxylation sites is 1. The molecule has 2 fully saturated rings. The highest BCUT2D eigenvalue weighted by Crippen LogP contribution is 2.61. The molecule has 0 aromatic heterocycles. The number of carbonyl (C=O) groups is 1. The first-order valence-corrected chi connectivity index (χ1v) is 12.8. The summed E-state index contributed by atoms with van der Waals surface area (Å²) in [5.41, 5.74) is -1.12. The number of hydrogen-bond acceptors (Lipinski definition) is 6.